The molecule has 1 N–H and O–H groups in total. The summed E-state index contributed by atoms with van der Waals surface area (Å²) in [7, 11) is 3.44. The molecule has 4 fully saturated rings. The van der Waals surface area contributed by atoms with Crippen molar-refractivity contribution in [3.8, 4) is 17.1 Å². The fourth-order valence-electron chi connectivity index (χ4n) is 9.53. The van der Waals surface area contributed by atoms with Gasteiger partial charge in [-0.3, -0.25) is 9.78 Å². The van der Waals surface area contributed by atoms with E-state index in [0.717, 1.165) is 29.3 Å². The van der Waals surface area contributed by atoms with Gasteiger partial charge in [0.1, 0.15) is 40.7 Å². The van der Waals surface area contributed by atoms with Gasteiger partial charge in [0.2, 0.25) is 17.8 Å². The maximum absolute atomic E-state index is 15.5. The molecule has 4 saturated heterocycles. The zero-order valence-corrected chi connectivity index (χ0v) is 33.6. The van der Waals surface area contributed by atoms with Gasteiger partial charge in [0.25, 0.3) is 0 Å². The Hall–Kier alpha value is -6.89. The molecule has 5 aliphatic heterocycles. The van der Waals surface area contributed by atoms with E-state index >= 15 is 4.39 Å². The number of imidazole rings is 1. The highest BCUT2D eigenvalue weighted by Crippen LogP contribution is 2.40. The van der Waals surface area contributed by atoms with Crippen LogP contribution in [0.2, 0.25) is 0 Å². The largest absolute Gasteiger partial charge is 0.378 e. The van der Waals surface area contributed by atoms with Crippen molar-refractivity contribution in [3.05, 3.63) is 90.8 Å². The molecule has 7 aromatic rings. The number of hydrogen-bond donors (Lipinski definition) is 1. The van der Waals surface area contributed by atoms with E-state index in [0.29, 0.717) is 85.1 Å². The number of amides is 1. The van der Waals surface area contributed by atoms with Crippen LogP contribution < -0.4 is 20.0 Å². The number of nitrogens with zero attached hydrogens (tertiary/aromatic N) is 14. The third kappa shape index (κ3) is 6.24. The SMILES string of the molecule is CO[C@H]1CN(C)C(=O)[C@@H]2C[C@@H](CN2c2nc(N3C4CC3CN(c3ncccn3)C4)nc3c2cnn3-c2ccc(F)cc2F)Nc2cccc(n2)-c2nccc3nc(C)n(c23)C1. The zero-order valence-electron chi connectivity index (χ0n) is 33.6. The van der Waals surface area contributed by atoms with E-state index in [2.05, 4.69) is 34.8 Å². The molecule has 17 nitrogen and oxygen atoms in total. The fraction of sp³-hybridized carbons (Fsp3) is 0.357. The maximum Gasteiger partial charge on any atom is 0.245 e. The van der Waals surface area contributed by atoms with Crippen LogP contribution in [0.15, 0.2) is 73.3 Å². The summed E-state index contributed by atoms with van der Waals surface area (Å²) in [6.07, 6.45) is 7.76. The molecule has 5 atom stereocenters. The number of piperidine rings is 1. The van der Waals surface area contributed by atoms with Crippen molar-refractivity contribution >= 4 is 51.5 Å². The van der Waals surface area contributed by atoms with Crippen LogP contribution in [-0.4, -0.2) is 131 Å². The summed E-state index contributed by atoms with van der Waals surface area (Å²) in [6.45, 7) is 4.35. The van der Waals surface area contributed by atoms with Gasteiger partial charge in [0.05, 0.1) is 53.0 Å². The average Bonchev–Trinajstić information content (AvgIpc) is 3.98. The first-order valence-corrected chi connectivity index (χ1v) is 20.3. The first-order chi connectivity index (χ1) is 29.7. The fourth-order valence-corrected chi connectivity index (χ4v) is 9.53. The van der Waals surface area contributed by atoms with Crippen LogP contribution in [0.25, 0.3) is 39.1 Å². The number of rotatable bonds is 5. The second kappa shape index (κ2) is 14.4. The summed E-state index contributed by atoms with van der Waals surface area (Å²) in [5.74, 6) is 1.39. The Kier molecular flexibility index (Phi) is 8.76. The lowest BCUT2D eigenvalue weighted by atomic mass is 9.88. The smallest absolute Gasteiger partial charge is 0.245 e. The number of methoxy groups -OCH3 is 1. The predicted octanol–water partition coefficient (Wildman–Crippen LogP) is 4.01. The van der Waals surface area contributed by atoms with Crippen molar-refractivity contribution in [2.45, 2.75) is 56.6 Å². The Labute approximate surface area is 348 Å². The number of ether oxygens (including phenoxy) is 1. The summed E-state index contributed by atoms with van der Waals surface area (Å²) in [4.78, 5) is 56.9. The van der Waals surface area contributed by atoms with Crippen LogP contribution in [0, 0.1) is 18.6 Å². The average molecular weight is 826 g/mol. The Morgan fingerprint density at radius 2 is 1.69 bits per heavy atom. The second-order valence-electron chi connectivity index (χ2n) is 16.2. The van der Waals surface area contributed by atoms with Gasteiger partial charge in [0.15, 0.2) is 11.5 Å². The number of anilines is 4. The predicted molar refractivity (Wildman–Crippen MR) is 223 cm³/mol. The molecule has 6 aromatic heterocycles. The van der Waals surface area contributed by atoms with E-state index in [-0.39, 0.29) is 35.8 Å². The van der Waals surface area contributed by atoms with Gasteiger partial charge in [-0.1, -0.05) is 6.07 Å². The van der Waals surface area contributed by atoms with E-state index < -0.39 is 17.7 Å². The van der Waals surface area contributed by atoms with Crippen LogP contribution in [0.5, 0.6) is 0 Å². The molecule has 0 aliphatic carbocycles. The monoisotopic (exact) mass is 825 g/mol. The molecule has 2 unspecified atom stereocenters. The second-order valence-corrected chi connectivity index (χ2v) is 16.2. The number of likely N-dealkylation sites (N-methyl/N-ethyl adjacent to an activating group) is 1. The molecule has 1 aromatic carbocycles. The van der Waals surface area contributed by atoms with Gasteiger partial charge in [-0.2, -0.15) is 15.1 Å². The molecule has 61 heavy (non-hydrogen) atoms. The third-order valence-corrected chi connectivity index (χ3v) is 12.4. The first kappa shape index (κ1) is 37.1. The number of aryl methyl sites for hydroxylation is 1. The Morgan fingerprint density at radius 1 is 0.852 bits per heavy atom. The summed E-state index contributed by atoms with van der Waals surface area (Å²) in [5.41, 5.74) is 3.39. The van der Waals surface area contributed by atoms with Crippen LogP contribution in [0.3, 0.4) is 0 Å². The standard InChI is InChI=1S/C42H41F2N15O2/c1-23-49-32-10-13-45-36-31-6-4-7-35(51-31)50-25-15-34(40(60)54(2)21-28(61-3)22-56(23)37(32)36)57(18-25)38-29-17-48-59(33-9-8-24(43)14-30(33)44)39(29)53-42(52-38)58-26-16-27(58)20-55(19-26)41-46-11-5-12-47-41/h4-14,17,25-28,34H,15-16,18-22H2,1-3H3,(H,50,51)/t25-,26?,27?,28-,34-/m0/s1. The molecule has 12 rings (SSSR count). The third-order valence-electron chi connectivity index (χ3n) is 12.4. The Morgan fingerprint density at radius 3 is 2.49 bits per heavy atom. The molecular weight excluding hydrogens is 785 g/mol. The number of carbonyl (C=O) groups is 1. The number of piperazine rings is 1. The Bertz CT molecular complexity index is 2820. The number of hydrogen-bond acceptors (Lipinski definition) is 14. The zero-order chi connectivity index (χ0) is 41.5. The number of nitrogens with one attached hydrogen (secondary N) is 1. The van der Waals surface area contributed by atoms with E-state index in [9.17, 15) is 9.18 Å². The molecule has 0 spiro atoms. The number of fused-ring (bicyclic) bond motifs is 8. The molecular formula is C42H41F2N15O2. The Balaban J connectivity index is 1.02. The number of halogens is 2. The summed E-state index contributed by atoms with van der Waals surface area (Å²) in [6, 6.07) is 12.0. The highest BCUT2D eigenvalue weighted by molar-refractivity contribution is 5.94. The topological polar surface area (TPSA) is 164 Å². The van der Waals surface area contributed by atoms with Crippen molar-refractivity contribution in [3.63, 3.8) is 0 Å². The number of benzene rings is 1. The van der Waals surface area contributed by atoms with E-state index in [1.165, 1.54) is 16.8 Å². The van der Waals surface area contributed by atoms with Crippen LogP contribution in [0.1, 0.15) is 18.7 Å². The number of pyridine rings is 2. The van der Waals surface area contributed by atoms with Gasteiger partial charge < -0.3 is 34.2 Å². The summed E-state index contributed by atoms with van der Waals surface area (Å²) in [5, 5.41) is 8.75. The lowest BCUT2D eigenvalue weighted by Crippen LogP contribution is -2.70. The molecule has 0 radical (unpaired) electrons. The highest BCUT2D eigenvalue weighted by Gasteiger charge is 2.48. The lowest BCUT2D eigenvalue weighted by molar-refractivity contribution is -0.132. The maximum atomic E-state index is 15.5. The first-order valence-electron chi connectivity index (χ1n) is 20.3. The number of carbonyl (C=O) groups excluding carboxylic acids is 1. The van der Waals surface area contributed by atoms with E-state index in [1.807, 2.05) is 36.1 Å². The molecule has 19 heteroatoms. The van der Waals surface area contributed by atoms with Crippen molar-refractivity contribution in [2.75, 3.05) is 60.4 Å². The molecule has 5 aliphatic rings. The van der Waals surface area contributed by atoms with Crippen molar-refractivity contribution in [1.82, 2.24) is 54.1 Å². The van der Waals surface area contributed by atoms with Crippen molar-refractivity contribution < 1.29 is 18.3 Å². The molecule has 310 valence electrons. The number of aromatic nitrogens is 10. The van der Waals surface area contributed by atoms with Crippen molar-refractivity contribution in [2.24, 2.45) is 0 Å². The normalized spacial score (nSPS) is 22.6. The minimum Gasteiger partial charge on any atom is -0.378 e. The van der Waals surface area contributed by atoms with Crippen LogP contribution in [-0.2, 0) is 16.1 Å². The minimum absolute atomic E-state index is 0.0380. The van der Waals surface area contributed by atoms with Gasteiger partial charge in [-0.25, -0.2) is 33.4 Å². The molecule has 6 bridgehead atoms. The van der Waals surface area contributed by atoms with Crippen LogP contribution in [0.4, 0.5) is 32.3 Å². The summed E-state index contributed by atoms with van der Waals surface area (Å²) >= 11 is 0. The lowest BCUT2D eigenvalue weighted by Gasteiger charge is -2.56. The van der Waals surface area contributed by atoms with Crippen molar-refractivity contribution in [1.29, 1.82) is 0 Å². The molecule has 11 heterocycles. The summed E-state index contributed by atoms with van der Waals surface area (Å²) < 4.78 is 39.2. The van der Waals surface area contributed by atoms with Crippen LogP contribution >= 0.6 is 0 Å². The molecule has 1 amide bonds. The quantitative estimate of drug-likeness (QED) is 0.265. The van der Waals surface area contributed by atoms with E-state index in [1.54, 1.807) is 49.9 Å². The van der Waals surface area contributed by atoms with Gasteiger partial charge in [-0.05, 0) is 56.2 Å². The highest BCUT2D eigenvalue weighted by atomic mass is 19.1. The van der Waals surface area contributed by atoms with E-state index in [4.69, 9.17) is 29.7 Å². The molecule has 0 saturated carbocycles. The van der Waals surface area contributed by atoms with Gasteiger partial charge in [0, 0.05) is 71.0 Å². The van der Waals surface area contributed by atoms with Gasteiger partial charge in [-0.15, -0.1) is 0 Å². The minimum atomic E-state index is -0.786. The van der Waals surface area contributed by atoms with Gasteiger partial charge >= 0.3 is 0 Å².